The molecule has 1 atom stereocenters. The Labute approximate surface area is 97.6 Å². The number of carbonyl (C=O) groups is 1. The molecule has 1 aliphatic carbocycles. The van der Waals surface area contributed by atoms with E-state index in [1.54, 1.807) is 0 Å². The molecule has 2 rings (SSSR count). The molecule has 0 aromatic carbocycles. The van der Waals surface area contributed by atoms with Crippen LogP contribution in [0.25, 0.3) is 0 Å². The molecule has 2 fully saturated rings. The highest BCUT2D eigenvalue weighted by molar-refractivity contribution is 5.75. The Hall–Kier alpha value is -0.610. The van der Waals surface area contributed by atoms with Crippen LogP contribution in [0.4, 0.5) is 0 Å². The molecule has 4 heteroatoms. The second-order valence-electron chi connectivity index (χ2n) is 5.13. The Morgan fingerprint density at radius 1 is 1.25 bits per heavy atom. The van der Waals surface area contributed by atoms with Crippen LogP contribution in [0.15, 0.2) is 0 Å². The van der Waals surface area contributed by atoms with Crippen molar-refractivity contribution < 1.29 is 4.79 Å². The van der Waals surface area contributed by atoms with Gasteiger partial charge in [-0.05, 0) is 32.2 Å². The fourth-order valence-electron chi connectivity index (χ4n) is 3.01. The molecular formula is C12H23N3O. The second-order valence-corrected chi connectivity index (χ2v) is 5.13. The van der Waals surface area contributed by atoms with Crippen molar-refractivity contribution in [2.45, 2.75) is 50.6 Å². The number of amides is 1. The minimum atomic E-state index is -0.190. The monoisotopic (exact) mass is 225 g/mol. The van der Waals surface area contributed by atoms with Gasteiger partial charge < -0.3 is 11.1 Å². The first-order chi connectivity index (χ1) is 7.75. The Bertz CT molecular complexity index is 232. The van der Waals surface area contributed by atoms with Gasteiger partial charge in [-0.1, -0.05) is 12.8 Å². The fraction of sp³-hybridized carbons (Fsp3) is 0.917. The van der Waals surface area contributed by atoms with Crippen molar-refractivity contribution in [1.82, 2.24) is 10.2 Å². The van der Waals surface area contributed by atoms with Crippen LogP contribution in [0.2, 0.25) is 0 Å². The average Bonchev–Trinajstić information content (AvgIpc) is 2.88. The molecule has 1 amide bonds. The van der Waals surface area contributed by atoms with E-state index in [-0.39, 0.29) is 5.91 Å². The maximum atomic E-state index is 11.1. The Morgan fingerprint density at radius 3 is 2.56 bits per heavy atom. The van der Waals surface area contributed by atoms with Gasteiger partial charge in [0.25, 0.3) is 0 Å². The Balaban J connectivity index is 1.87. The summed E-state index contributed by atoms with van der Waals surface area (Å²) >= 11 is 0. The van der Waals surface area contributed by atoms with Gasteiger partial charge in [0, 0.05) is 18.6 Å². The van der Waals surface area contributed by atoms with E-state index in [1.165, 1.54) is 38.5 Å². The predicted molar refractivity (Wildman–Crippen MR) is 64.0 cm³/mol. The summed E-state index contributed by atoms with van der Waals surface area (Å²) in [5.41, 5.74) is 5.33. The second kappa shape index (κ2) is 5.64. The van der Waals surface area contributed by atoms with Crippen LogP contribution < -0.4 is 11.1 Å². The number of carbonyl (C=O) groups excluding carboxylic acids is 1. The van der Waals surface area contributed by atoms with Crippen LogP contribution in [0.1, 0.15) is 38.5 Å². The van der Waals surface area contributed by atoms with Crippen molar-refractivity contribution in [3.05, 3.63) is 0 Å². The summed E-state index contributed by atoms with van der Waals surface area (Å²) in [6, 6.07) is 1.16. The highest BCUT2D eigenvalue weighted by Crippen LogP contribution is 2.24. The molecule has 0 unspecified atom stereocenters. The van der Waals surface area contributed by atoms with Crippen LogP contribution in [-0.2, 0) is 4.79 Å². The largest absolute Gasteiger partial charge is 0.369 e. The standard InChI is InChI=1S/C12H23N3O/c13-12(16)9-15(11-5-1-2-6-11)8-10-4-3-7-14-10/h10-11,14H,1-9H2,(H2,13,16)/t10-/m0/s1. The van der Waals surface area contributed by atoms with Crippen LogP contribution in [0, 0.1) is 0 Å². The maximum absolute atomic E-state index is 11.1. The third-order valence-corrected chi connectivity index (χ3v) is 3.82. The summed E-state index contributed by atoms with van der Waals surface area (Å²) in [7, 11) is 0. The van der Waals surface area contributed by atoms with E-state index in [9.17, 15) is 4.79 Å². The van der Waals surface area contributed by atoms with E-state index < -0.39 is 0 Å². The molecule has 0 radical (unpaired) electrons. The van der Waals surface area contributed by atoms with Gasteiger partial charge in [-0.2, -0.15) is 0 Å². The van der Waals surface area contributed by atoms with Gasteiger partial charge in [-0.3, -0.25) is 9.69 Å². The summed E-state index contributed by atoms with van der Waals surface area (Å²) in [5, 5.41) is 3.49. The number of primary amides is 1. The molecule has 1 saturated heterocycles. The normalized spacial score (nSPS) is 26.7. The molecule has 0 bridgehead atoms. The first kappa shape index (κ1) is 11.9. The fourth-order valence-corrected chi connectivity index (χ4v) is 3.01. The Morgan fingerprint density at radius 2 is 2.00 bits per heavy atom. The minimum absolute atomic E-state index is 0.190. The highest BCUT2D eigenvalue weighted by Gasteiger charge is 2.26. The lowest BCUT2D eigenvalue weighted by molar-refractivity contribution is -0.119. The van der Waals surface area contributed by atoms with Crippen molar-refractivity contribution in [3.8, 4) is 0 Å². The molecule has 0 spiro atoms. The molecule has 1 saturated carbocycles. The molecular weight excluding hydrogens is 202 g/mol. The number of nitrogens with one attached hydrogen (secondary N) is 1. The van der Waals surface area contributed by atoms with Crippen molar-refractivity contribution in [3.63, 3.8) is 0 Å². The van der Waals surface area contributed by atoms with Crippen molar-refractivity contribution in [2.24, 2.45) is 5.73 Å². The zero-order valence-corrected chi connectivity index (χ0v) is 9.95. The molecule has 4 nitrogen and oxygen atoms in total. The highest BCUT2D eigenvalue weighted by atomic mass is 16.1. The number of nitrogens with zero attached hydrogens (tertiary/aromatic N) is 1. The quantitative estimate of drug-likeness (QED) is 0.715. The lowest BCUT2D eigenvalue weighted by Gasteiger charge is -2.30. The van der Waals surface area contributed by atoms with E-state index in [2.05, 4.69) is 10.2 Å². The molecule has 3 N–H and O–H groups in total. The third kappa shape index (κ3) is 3.19. The molecule has 16 heavy (non-hydrogen) atoms. The lowest BCUT2D eigenvalue weighted by Crippen LogP contribution is -2.46. The molecule has 2 aliphatic rings. The number of rotatable bonds is 5. The van der Waals surface area contributed by atoms with Gasteiger partial charge in [0.15, 0.2) is 0 Å². The van der Waals surface area contributed by atoms with E-state index in [0.29, 0.717) is 18.6 Å². The van der Waals surface area contributed by atoms with Crippen molar-refractivity contribution in [1.29, 1.82) is 0 Å². The summed E-state index contributed by atoms with van der Waals surface area (Å²) in [5.74, 6) is -0.190. The zero-order chi connectivity index (χ0) is 11.4. The van der Waals surface area contributed by atoms with E-state index in [4.69, 9.17) is 5.73 Å². The van der Waals surface area contributed by atoms with Crippen molar-refractivity contribution in [2.75, 3.05) is 19.6 Å². The van der Waals surface area contributed by atoms with Gasteiger partial charge in [0.2, 0.25) is 5.91 Å². The zero-order valence-electron chi connectivity index (χ0n) is 9.95. The van der Waals surface area contributed by atoms with E-state index in [0.717, 1.165) is 13.1 Å². The van der Waals surface area contributed by atoms with Crippen LogP contribution in [0.3, 0.4) is 0 Å². The molecule has 92 valence electrons. The van der Waals surface area contributed by atoms with E-state index >= 15 is 0 Å². The van der Waals surface area contributed by atoms with Gasteiger partial charge in [0.05, 0.1) is 6.54 Å². The maximum Gasteiger partial charge on any atom is 0.231 e. The first-order valence-corrected chi connectivity index (χ1v) is 6.51. The third-order valence-electron chi connectivity index (χ3n) is 3.82. The van der Waals surface area contributed by atoms with Crippen LogP contribution in [0.5, 0.6) is 0 Å². The first-order valence-electron chi connectivity index (χ1n) is 6.51. The molecule has 0 aromatic heterocycles. The number of nitrogens with two attached hydrogens (primary N) is 1. The summed E-state index contributed by atoms with van der Waals surface area (Å²) in [6.45, 7) is 2.55. The van der Waals surface area contributed by atoms with Gasteiger partial charge in [0.1, 0.15) is 0 Å². The summed E-state index contributed by atoms with van der Waals surface area (Å²) in [4.78, 5) is 13.4. The van der Waals surface area contributed by atoms with Gasteiger partial charge in [-0.25, -0.2) is 0 Å². The molecule has 1 aliphatic heterocycles. The van der Waals surface area contributed by atoms with Crippen molar-refractivity contribution >= 4 is 5.91 Å². The minimum Gasteiger partial charge on any atom is -0.369 e. The van der Waals surface area contributed by atoms with E-state index in [1.807, 2.05) is 0 Å². The van der Waals surface area contributed by atoms with Crippen LogP contribution in [-0.4, -0.2) is 42.5 Å². The Kier molecular flexibility index (Phi) is 4.18. The summed E-state index contributed by atoms with van der Waals surface area (Å²) in [6.07, 6.45) is 7.58. The SMILES string of the molecule is NC(=O)CN(C[C@@H]1CCCN1)C1CCCC1. The molecule has 0 aromatic rings. The topological polar surface area (TPSA) is 58.4 Å². The number of hydrogen-bond acceptors (Lipinski definition) is 3. The average molecular weight is 225 g/mol. The van der Waals surface area contributed by atoms with Gasteiger partial charge >= 0.3 is 0 Å². The lowest BCUT2D eigenvalue weighted by atomic mass is 10.1. The van der Waals surface area contributed by atoms with Gasteiger partial charge in [-0.15, -0.1) is 0 Å². The predicted octanol–water partition coefficient (Wildman–Crippen LogP) is 0.468. The summed E-state index contributed by atoms with van der Waals surface area (Å²) < 4.78 is 0. The smallest absolute Gasteiger partial charge is 0.231 e. The number of hydrogen-bond donors (Lipinski definition) is 2. The molecule has 1 heterocycles. The van der Waals surface area contributed by atoms with Crippen LogP contribution >= 0.6 is 0 Å².